The maximum absolute atomic E-state index is 11.9. The minimum absolute atomic E-state index is 0.298. The Labute approximate surface area is 125 Å². The van der Waals surface area contributed by atoms with Crippen LogP contribution in [0, 0.1) is 6.92 Å². The molecule has 0 spiro atoms. The molecule has 0 saturated carbocycles. The molecule has 3 nitrogen and oxygen atoms in total. The van der Waals surface area contributed by atoms with Gasteiger partial charge in [0.25, 0.3) is 0 Å². The second kappa shape index (κ2) is 6.08. The predicted octanol–water partition coefficient (Wildman–Crippen LogP) is 5.05. The quantitative estimate of drug-likeness (QED) is 0.789. The van der Waals surface area contributed by atoms with Gasteiger partial charge in [-0.25, -0.2) is 4.79 Å². The Morgan fingerprint density at radius 1 is 1.16 bits per heavy atom. The topological polar surface area (TPSA) is 41.1 Å². The van der Waals surface area contributed by atoms with E-state index in [4.69, 9.17) is 11.6 Å². The number of carbonyl (C=O) groups is 1. The number of anilines is 2. The highest BCUT2D eigenvalue weighted by molar-refractivity contribution is 9.10. The second-order valence-corrected chi connectivity index (χ2v) is 5.36. The van der Waals surface area contributed by atoms with Crippen LogP contribution in [0.15, 0.2) is 46.9 Å². The van der Waals surface area contributed by atoms with Crippen LogP contribution in [0.25, 0.3) is 0 Å². The summed E-state index contributed by atoms with van der Waals surface area (Å²) in [5.41, 5.74) is 2.50. The van der Waals surface area contributed by atoms with Gasteiger partial charge in [0.1, 0.15) is 0 Å². The zero-order valence-electron chi connectivity index (χ0n) is 10.2. The lowest BCUT2D eigenvalue weighted by Crippen LogP contribution is -2.19. The molecule has 0 heterocycles. The minimum atomic E-state index is -0.298. The van der Waals surface area contributed by atoms with Gasteiger partial charge in [-0.1, -0.05) is 23.7 Å². The molecule has 2 aromatic rings. The number of hydrogen-bond donors (Lipinski definition) is 2. The predicted molar refractivity (Wildman–Crippen MR) is 83.0 cm³/mol. The van der Waals surface area contributed by atoms with Gasteiger partial charge >= 0.3 is 6.03 Å². The molecule has 0 unspecified atom stereocenters. The second-order valence-electron chi connectivity index (χ2n) is 4.07. The first-order chi connectivity index (χ1) is 9.04. The molecule has 2 rings (SSSR count). The van der Waals surface area contributed by atoms with Crippen molar-refractivity contribution >= 4 is 44.9 Å². The molecule has 5 heteroatoms. The van der Waals surface area contributed by atoms with Crippen molar-refractivity contribution in [2.75, 3.05) is 10.6 Å². The highest BCUT2D eigenvalue weighted by Gasteiger charge is 2.06. The number of aryl methyl sites for hydroxylation is 1. The third-order valence-corrected chi connectivity index (χ3v) is 3.35. The van der Waals surface area contributed by atoms with E-state index in [9.17, 15) is 4.79 Å². The van der Waals surface area contributed by atoms with Gasteiger partial charge in [-0.05, 0) is 58.7 Å². The van der Waals surface area contributed by atoms with Crippen molar-refractivity contribution in [3.63, 3.8) is 0 Å². The largest absolute Gasteiger partial charge is 0.323 e. The average molecular weight is 340 g/mol. The van der Waals surface area contributed by atoms with Crippen molar-refractivity contribution in [3.05, 3.63) is 57.5 Å². The molecule has 0 bridgehead atoms. The van der Waals surface area contributed by atoms with E-state index in [0.29, 0.717) is 10.7 Å². The summed E-state index contributed by atoms with van der Waals surface area (Å²) in [6.07, 6.45) is 0. The van der Waals surface area contributed by atoms with Gasteiger partial charge in [0.2, 0.25) is 0 Å². The Balaban J connectivity index is 2.05. The normalized spacial score (nSPS) is 10.1. The van der Waals surface area contributed by atoms with E-state index in [1.165, 1.54) is 0 Å². The summed E-state index contributed by atoms with van der Waals surface area (Å²) in [5, 5.41) is 6.13. The van der Waals surface area contributed by atoms with Gasteiger partial charge in [-0.15, -0.1) is 0 Å². The fraction of sp³-hybridized carbons (Fsp3) is 0.0714. The van der Waals surface area contributed by atoms with Gasteiger partial charge in [0.15, 0.2) is 0 Å². The van der Waals surface area contributed by atoms with Crippen LogP contribution >= 0.6 is 27.5 Å². The average Bonchev–Trinajstić information content (AvgIpc) is 2.33. The summed E-state index contributed by atoms with van der Waals surface area (Å²) in [6, 6.07) is 12.5. The van der Waals surface area contributed by atoms with Crippen molar-refractivity contribution in [1.82, 2.24) is 0 Å². The summed E-state index contributed by atoms with van der Waals surface area (Å²) in [7, 11) is 0. The van der Waals surface area contributed by atoms with E-state index < -0.39 is 0 Å². The molecule has 0 aliphatic rings. The number of carbonyl (C=O) groups excluding carboxylic acids is 1. The van der Waals surface area contributed by atoms with Crippen LogP contribution in [0.1, 0.15) is 5.56 Å². The lowest BCUT2D eigenvalue weighted by Gasteiger charge is -2.09. The van der Waals surface area contributed by atoms with Gasteiger partial charge < -0.3 is 10.6 Å². The molecule has 2 amide bonds. The zero-order valence-corrected chi connectivity index (χ0v) is 12.5. The Bertz CT molecular complexity index is 616. The maximum Gasteiger partial charge on any atom is 0.323 e. The Morgan fingerprint density at radius 2 is 1.95 bits per heavy atom. The van der Waals surface area contributed by atoms with E-state index in [1.807, 2.05) is 31.2 Å². The van der Waals surface area contributed by atoms with Gasteiger partial charge in [0.05, 0.1) is 5.69 Å². The number of urea groups is 1. The fourth-order valence-corrected chi connectivity index (χ4v) is 2.38. The van der Waals surface area contributed by atoms with Crippen molar-refractivity contribution in [2.45, 2.75) is 6.92 Å². The molecule has 0 aromatic heterocycles. The van der Waals surface area contributed by atoms with E-state index in [1.54, 1.807) is 18.2 Å². The van der Waals surface area contributed by atoms with Crippen LogP contribution in [-0.2, 0) is 0 Å². The van der Waals surface area contributed by atoms with E-state index >= 15 is 0 Å². The molecule has 19 heavy (non-hydrogen) atoms. The standard InChI is InChI=1S/C14H12BrClN2O/c1-9-3-2-4-11(7-9)17-14(19)18-13-6-5-10(16)8-12(13)15/h2-8H,1H3,(H2,17,18,19). The van der Waals surface area contributed by atoms with Crippen LogP contribution in [-0.4, -0.2) is 6.03 Å². The summed E-state index contributed by atoms with van der Waals surface area (Å²) in [6.45, 7) is 1.97. The van der Waals surface area contributed by atoms with Gasteiger partial charge in [0, 0.05) is 15.2 Å². The van der Waals surface area contributed by atoms with Crippen LogP contribution in [0.2, 0.25) is 5.02 Å². The van der Waals surface area contributed by atoms with Crippen LogP contribution in [0.4, 0.5) is 16.2 Å². The third-order valence-electron chi connectivity index (χ3n) is 2.46. The molecule has 0 saturated heterocycles. The first kappa shape index (κ1) is 13.9. The molecule has 98 valence electrons. The number of amides is 2. The number of rotatable bonds is 2. The number of nitrogens with one attached hydrogen (secondary N) is 2. The van der Waals surface area contributed by atoms with Gasteiger partial charge in [-0.3, -0.25) is 0 Å². The summed E-state index contributed by atoms with van der Waals surface area (Å²) in [5.74, 6) is 0. The van der Waals surface area contributed by atoms with E-state index in [2.05, 4.69) is 26.6 Å². The fourth-order valence-electron chi connectivity index (χ4n) is 1.60. The molecule has 0 radical (unpaired) electrons. The first-order valence-corrected chi connectivity index (χ1v) is 6.81. The lowest BCUT2D eigenvalue weighted by molar-refractivity contribution is 0.262. The maximum atomic E-state index is 11.9. The first-order valence-electron chi connectivity index (χ1n) is 5.64. The highest BCUT2D eigenvalue weighted by atomic mass is 79.9. The lowest BCUT2D eigenvalue weighted by atomic mass is 10.2. The summed E-state index contributed by atoms with van der Waals surface area (Å²) in [4.78, 5) is 11.9. The van der Waals surface area contributed by atoms with Crippen LogP contribution in [0.5, 0.6) is 0 Å². The molecule has 2 N–H and O–H groups in total. The number of hydrogen-bond acceptors (Lipinski definition) is 1. The molecule has 2 aromatic carbocycles. The Hall–Kier alpha value is -1.52. The highest BCUT2D eigenvalue weighted by Crippen LogP contribution is 2.26. The van der Waals surface area contributed by atoms with E-state index in [-0.39, 0.29) is 6.03 Å². The SMILES string of the molecule is Cc1cccc(NC(=O)Nc2ccc(Cl)cc2Br)c1. The Morgan fingerprint density at radius 3 is 2.63 bits per heavy atom. The molecule has 0 atom stereocenters. The molecule has 0 aliphatic carbocycles. The van der Waals surface area contributed by atoms with Gasteiger partial charge in [-0.2, -0.15) is 0 Å². The zero-order chi connectivity index (χ0) is 13.8. The monoisotopic (exact) mass is 338 g/mol. The summed E-state index contributed by atoms with van der Waals surface area (Å²) < 4.78 is 0.736. The third kappa shape index (κ3) is 3.98. The number of benzene rings is 2. The number of halogens is 2. The van der Waals surface area contributed by atoms with Crippen molar-refractivity contribution in [3.8, 4) is 0 Å². The van der Waals surface area contributed by atoms with Crippen molar-refractivity contribution < 1.29 is 4.79 Å². The molecule has 0 fully saturated rings. The molecular formula is C14H12BrClN2O. The smallest absolute Gasteiger partial charge is 0.308 e. The summed E-state index contributed by atoms with van der Waals surface area (Å²) >= 11 is 9.19. The Kier molecular flexibility index (Phi) is 4.45. The van der Waals surface area contributed by atoms with Crippen molar-refractivity contribution in [1.29, 1.82) is 0 Å². The minimum Gasteiger partial charge on any atom is -0.308 e. The van der Waals surface area contributed by atoms with Crippen LogP contribution < -0.4 is 10.6 Å². The molecule has 0 aliphatic heterocycles. The molecular weight excluding hydrogens is 328 g/mol. The van der Waals surface area contributed by atoms with Crippen LogP contribution in [0.3, 0.4) is 0 Å². The van der Waals surface area contributed by atoms with E-state index in [0.717, 1.165) is 15.7 Å². The van der Waals surface area contributed by atoms with Crippen molar-refractivity contribution in [2.24, 2.45) is 0 Å².